The summed E-state index contributed by atoms with van der Waals surface area (Å²) < 4.78 is 0. The van der Waals surface area contributed by atoms with Crippen LogP contribution < -0.4 is 10.6 Å². The zero-order chi connectivity index (χ0) is 19.2. The van der Waals surface area contributed by atoms with Gasteiger partial charge >= 0.3 is 0 Å². The zero-order valence-corrected chi connectivity index (χ0v) is 16.2. The van der Waals surface area contributed by atoms with E-state index in [1.165, 1.54) is 0 Å². The molecule has 0 radical (unpaired) electrons. The number of aromatic nitrogens is 1. The Labute approximate surface area is 164 Å². The minimum atomic E-state index is -0.173. The molecule has 3 rings (SSSR count). The van der Waals surface area contributed by atoms with Gasteiger partial charge in [0.15, 0.2) is 0 Å². The molecular formula is C22H22ClN3O. The minimum absolute atomic E-state index is 0.173. The Morgan fingerprint density at radius 2 is 1.93 bits per heavy atom. The third-order valence-corrected chi connectivity index (χ3v) is 4.50. The van der Waals surface area contributed by atoms with Gasteiger partial charge in [0.25, 0.3) is 5.91 Å². The number of nitrogens with zero attached hydrogens (tertiary/aromatic N) is 1. The van der Waals surface area contributed by atoms with E-state index in [9.17, 15) is 4.79 Å². The van der Waals surface area contributed by atoms with Crippen LogP contribution in [0.3, 0.4) is 0 Å². The van der Waals surface area contributed by atoms with Crippen molar-refractivity contribution in [2.45, 2.75) is 20.3 Å². The number of hydrogen-bond donors (Lipinski definition) is 2. The molecule has 0 unspecified atom stereocenters. The van der Waals surface area contributed by atoms with E-state index in [1.807, 2.05) is 62.4 Å². The average molecular weight is 380 g/mol. The van der Waals surface area contributed by atoms with Gasteiger partial charge in [-0.15, -0.1) is 0 Å². The van der Waals surface area contributed by atoms with Crippen LogP contribution in [0.25, 0.3) is 0 Å². The van der Waals surface area contributed by atoms with Crippen LogP contribution in [0.5, 0.6) is 0 Å². The summed E-state index contributed by atoms with van der Waals surface area (Å²) in [5.74, 6) is -0.173. The molecule has 3 aromatic rings. The van der Waals surface area contributed by atoms with Gasteiger partial charge in [-0.3, -0.25) is 9.78 Å². The van der Waals surface area contributed by atoms with Crippen molar-refractivity contribution in [3.8, 4) is 0 Å². The second-order valence-electron chi connectivity index (χ2n) is 6.54. The lowest BCUT2D eigenvalue weighted by atomic mass is 10.1. The van der Waals surface area contributed by atoms with Crippen molar-refractivity contribution in [2.75, 3.05) is 17.2 Å². The molecule has 0 spiro atoms. The summed E-state index contributed by atoms with van der Waals surface area (Å²) in [5.41, 5.74) is 5.50. The molecule has 1 amide bonds. The zero-order valence-electron chi connectivity index (χ0n) is 15.4. The molecule has 0 saturated heterocycles. The lowest BCUT2D eigenvalue weighted by Crippen LogP contribution is -2.14. The number of hydrogen-bond acceptors (Lipinski definition) is 3. The molecule has 0 aliphatic carbocycles. The van der Waals surface area contributed by atoms with Crippen LogP contribution in [0.2, 0.25) is 5.02 Å². The van der Waals surface area contributed by atoms with Crippen molar-refractivity contribution in [2.24, 2.45) is 0 Å². The fourth-order valence-corrected chi connectivity index (χ4v) is 3.07. The molecule has 0 saturated carbocycles. The summed E-state index contributed by atoms with van der Waals surface area (Å²) >= 11 is 6.01. The van der Waals surface area contributed by atoms with E-state index in [0.29, 0.717) is 5.56 Å². The molecule has 0 aliphatic rings. The van der Waals surface area contributed by atoms with Gasteiger partial charge in [0.2, 0.25) is 0 Å². The Hall–Kier alpha value is -2.85. The highest BCUT2D eigenvalue weighted by Crippen LogP contribution is 2.18. The van der Waals surface area contributed by atoms with Crippen molar-refractivity contribution in [3.05, 3.63) is 88.2 Å². The first-order valence-electron chi connectivity index (χ1n) is 8.83. The Morgan fingerprint density at radius 1 is 1.07 bits per heavy atom. The van der Waals surface area contributed by atoms with Crippen molar-refractivity contribution in [1.29, 1.82) is 0 Å². The lowest BCUT2D eigenvalue weighted by molar-refractivity contribution is 0.102. The Morgan fingerprint density at radius 3 is 2.70 bits per heavy atom. The van der Waals surface area contributed by atoms with E-state index >= 15 is 0 Å². The molecule has 27 heavy (non-hydrogen) atoms. The van der Waals surface area contributed by atoms with E-state index in [-0.39, 0.29) is 5.91 Å². The number of amides is 1. The summed E-state index contributed by atoms with van der Waals surface area (Å²) in [4.78, 5) is 16.7. The number of carbonyl (C=O) groups excluding carboxylic acids is 1. The molecule has 138 valence electrons. The first-order chi connectivity index (χ1) is 13.0. The third-order valence-electron chi connectivity index (χ3n) is 4.26. The molecule has 2 N–H and O–H groups in total. The van der Waals surface area contributed by atoms with E-state index in [1.54, 1.807) is 12.4 Å². The smallest absolute Gasteiger partial charge is 0.257 e. The number of pyridine rings is 1. The highest BCUT2D eigenvalue weighted by molar-refractivity contribution is 6.30. The summed E-state index contributed by atoms with van der Waals surface area (Å²) in [5, 5.41) is 6.99. The highest BCUT2D eigenvalue weighted by atomic mass is 35.5. The Kier molecular flexibility index (Phi) is 6.09. The SMILES string of the molecule is Cc1ccc(NC(=O)c2cncc(NCCc3cccc(Cl)c3)c2)c(C)c1. The average Bonchev–Trinajstić information content (AvgIpc) is 2.64. The van der Waals surface area contributed by atoms with Gasteiger partial charge < -0.3 is 10.6 Å². The maximum absolute atomic E-state index is 12.5. The highest BCUT2D eigenvalue weighted by Gasteiger charge is 2.09. The van der Waals surface area contributed by atoms with E-state index in [4.69, 9.17) is 11.6 Å². The molecule has 0 bridgehead atoms. The van der Waals surface area contributed by atoms with Crippen LogP contribution in [0, 0.1) is 13.8 Å². The summed E-state index contributed by atoms with van der Waals surface area (Å²) in [7, 11) is 0. The van der Waals surface area contributed by atoms with Gasteiger partial charge in [0.1, 0.15) is 0 Å². The maximum atomic E-state index is 12.5. The molecule has 0 fully saturated rings. The Balaban J connectivity index is 1.61. The number of carbonyl (C=O) groups is 1. The van der Waals surface area contributed by atoms with Crippen LogP contribution in [0.1, 0.15) is 27.0 Å². The number of aryl methyl sites for hydroxylation is 2. The van der Waals surface area contributed by atoms with Crippen LogP contribution >= 0.6 is 11.6 Å². The lowest BCUT2D eigenvalue weighted by Gasteiger charge is -2.11. The van der Waals surface area contributed by atoms with Crippen molar-refractivity contribution >= 4 is 28.9 Å². The number of anilines is 2. The first kappa shape index (κ1) is 18.9. The fraction of sp³-hybridized carbons (Fsp3) is 0.182. The topological polar surface area (TPSA) is 54.0 Å². The number of rotatable bonds is 6. The molecular weight excluding hydrogens is 358 g/mol. The van der Waals surface area contributed by atoms with E-state index in [2.05, 4.69) is 15.6 Å². The molecule has 0 aliphatic heterocycles. The summed E-state index contributed by atoms with van der Waals surface area (Å²) in [6, 6.07) is 15.6. The van der Waals surface area contributed by atoms with Gasteiger partial charge in [-0.05, 0) is 55.7 Å². The fourth-order valence-electron chi connectivity index (χ4n) is 2.85. The van der Waals surface area contributed by atoms with Crippen LogP contribution in [0.4, 0.5) is 11.4 Å². The monoisotopic (exact) mass is 379 g/mol. The molecule has 4 nitrogen and oxygen atoms in total. The number of halogens is 1. The Bertz CT molecular complexity index is 956. The van der Waals surface area contributed by atoms with Gasteiger partial charge in [-0.25, -0.2) is 0 Å². The van der Waals surface area contributed by atoms with E-state index in [0.717, 1.165) is 46.1 Å². The van der Waals surface area contributed by atoms with Gasteiger partial charge in [-0.2, -0.15) is 0 Å². The van der Waals surface area contributed by atoms with Crippen LogP contribution in [-0.4, -0.2) is 17.4 Å². The minimum Gasteiger partial charge on any atom is -0.383 e. The van der Waals surface area contributed by atoms with Crippen molar-refractivity contribution in [1.82, 2.24) is 4.98 Å². The third kappa shape index (κ3) is 5.31. The predicted octanol–water partition coefficient (Wildman–Crippen LogP) is 5.26. The number of benzene rings is 2. The first-order valence-corrected chi connectivity index (χ1v) is 9.21. The summed E-state index contributed by atoms with van der Waals surface area (Å²) in [6.07, 6.45) is 4.12. The molecule has 1 heterocycles. The van der Waals surface area contributed by atoms with Gasteiger partial charge in [0.05, 0.1) is 11.3 Å². The largest absolute Gasteiger partial charge is 0.383 e. The quantitative estimate of drug-likeness (QED) is 0.614. The molecule has 2 aromatic carbocycles. The van der Waals surface area contributed by atoms with Crippen LogP contribution in [-0.2, 0) is 6.42 Å². The van der Waals surface area contributed by atoms with Crippen molar-refractivity contribution < 1.29 is 4.79 Å². The second-order valence-corrected chi connectivity index (χ2v) is 6.98. The van der Waals surface area contributed by atoms with Gasteiger partial charge in [-0.1, -0.05) is 41.4 Å². The predicted molar refractivity (Wildman–Crippen MR) is 112 cm³/mol. The van der Waals surface area contributed by atoms with Crippen LogP contribution in [0.15, 0.2) is 60.9 Å². The normalized spacial score (nSPS) is 10.5. The molecule has 0 atom stereocenters. The van der Waals surface area contributed by atoms with Crippen molar-refractivity contribution in [3.63, 3.8) is 0 Å². The van der Waals surface area contributed by atoms with E-state index < -0.39 is 0 Å². The second kappa shape index (κ2) is 8.69. The maximum Gasteiger partial charge on any atom is 0.257 e. The molecule has 1 aromatic heterocycles. The summed E-state index contributed by atoms with van der Waals surface area (Å²) in [6.45, 7) is 4.74. The van der Waals surface area contributed by atoms with Gasteiger partial charge in [0, 0.05) is 29.6 Å². The standard InChI is InChI=1S/C22H22ClN3O/c1-15-6-7-21(16(2)10-15)26-22(27)18-12-20(14-24-13-18)25-9-8-17-4-3-5-19(23)11-17/h3-7,10-14,25H,8-9H2,1-2H3,(H,26,27). The number of nitrogens with one attached hydrogen (secondary N) is 2. The molecule has 5 heteroatoms.